The Morgan fingerprint density at radius 1 is 1.00 bits per heavy atom. The first-order valence-electron chi connectivity index (χ1n) is 10.7. The van der Waals surface area contributed by atoms with Crippen LogP contribution < -0.4 is 10.1 Å². The van der Waals surface area contributed by atoms with Gasteiger partial charge in [0.25, 0.3) is 5.91 Å². The molecule has 35 heavy (non-hydrogen) atoms. The van der Waals surface area contributed by atoms with E-state index in [1.165, 1.54) is 6.07 Å². The smallest absolute Gasteiger partial charge is 0.416 e. The first-order valence-corrected chi connectivity index (χ1v) is 11.1. The molecule has 0 bridgehead atoms. The molecule has 0 aliphatic heterocycles. The van der Waals surface area contributed by atoms with Gasteiger partial charge in [0.2, 0.25) is 0 Å². The van der Waals surface area contributed by atoms with Gasteiger partial charge in [-0.1, -0.05) is 48.0 Å². The van der Waals surface area contributed by atoms with Gasteiger partial charge in [-0.05, 0) is 60.5 Å². The first kappa shape index (κ1) is 24.4. The van der Waals surface area contributed by atoms with E-state index < -0.39 is 17.6 Å². The fraction of sp³-hybridized carbons (Fsp3) is 0.148. The molecule has 180 valence electrons. The van der Waals surface area contributed by atoms with Crippen LogP contribution in [0.1, 0.15) is 27.2 Å². The second-order valence-corrected chi connectivity index (χ2v) is 8.36. The van der Waals surface area contributed by atoms with Crippen molar-refractivity contribution < 1.29 is 22.7 Å². The predicted molar refractivity (Wildman–Crippen MR) is 130 cm³/mol. The molecule has 3 aromatic carbocycles. The highest BCUT2D eigenvalue weighted by Gasteiger charge is 2.30. The average Bonchev–Trinajstić information content (AvgIpc) is 3.19. The molecule has 1 heterocycles. The van der Waals surface area contributed by atoms with Gasteiger partial charge in [-0.25, -0.2) is 0 Å². The zero-order chi connectivity index (χ0) is 25.2. The summed E-state index contributed by atoms with van der Waals surface area (Å²) >= 11 is 6.07. The second-order valence-electron chi connectivity index (χ2n) is 7.92. The number of carbonyl (C=O) groups is 1. The lowest BCUT2D eigenvalue weighted by Gasteiger charge is -2.16. The fourth-order valence-corrected chi connectivity index (χ4v) is 4.06. The highest BCUT2D eigenvalue weighted by Crippen LogP contribution is 2.34. The number of hydrogen-bond acceptors (Lipinski definition) is 2. The van der Waals surface area contributed by atoms with Gasteiger partial charge < -0.3 is 14.6 Å². The van der Waals surface area contributed by atoms with Crippen LogP contribution in [-0.4, -0.2) is 17.6 Å². The Hall–Kier alpha value is -3.71. The van der Waals surface area contributed by atoms with Gasteiger partial charge in [-0.2, -0.15) is 13.2 Å². The Kier molecular flexibility index (Phi) is 6.89. The number of carbonyl (C=O) groups excluding carboxylic acids is 1. The summed E-state index contributed by atoms with van der Waals surface area (Å²) in [6.45, 7) is 1.77. The summed E-state index contributed by atoms with van der Waals surface area (Å²) in [5.74, 6) is 0.223. The molecule has 0 unspecified atom stereocenters. The van der Waals surface area contributed by atoms with Crippen LogP contribution in [0.2, 0.25) is 5.02 Å². The first-order chi connectivity index (χ1) is 16.7. The molecular weight excluding hydrogens is 477 g/mol. The molecule has 0 radical (unpaired) electrons. The van der Waals surface area contributed by atoms with Crippen LogP contribution in [0.25, 0.3) is 16.9 Å². The third kappa shape index (κ3) is 5.20. The summed E-state index contributed by atoms with van der Waals surface area (Å²) in [5.41, 5.74) is 2.97. The molecule has 0 saturated heterocycles. The minimum atomic E-state index is -4.45. The van der Waals surface area contributed by atoms with E-state index in [-0.39, 0.29) is 6.54 Å². The van der Waals surface area contributed by atoms with Gasteiger partial charge in [-0.3, -0.25) is 4.79 Å². The number of aromatic nitrogens is 1. The Morgan fingerprint density at radius 3 is 2.40 bits per heavy atom. The molecule has 0 saturated carbocycles. The zero-order valence-electron chi connectivity index (χ0n) is 19.0. The standard InChI is InChI=1S/C27H22ClF3N2O2/c1-17-22(26(34)32-16-18-6-5-7-20(14-18)27(29,30)31)15-24(19-10-12-21(28)13-11-19)33(17)23-8-3-4-9-25(23)35-2/h3-15H,16H2,1-2H3,(H,32,34). The van der Waals surface area contributed by atoms with Crippen molar-refractivity contribution >= 4 is 17.5 Å². The van der Waals surface area contributed by atoms with Gasteiger partial charge in [0.05, 0.1) is 29.6 Å². The number of nitrogens with zero attached hydrogens (tertiary/aromatic N) is 1. The molecule has 1 amide bonds. The van der Waals surface area contributed by atoms with Crippen molar-refractivity contribution in [2.75, 3.05) is 7.11 Å². The van der Waals surface area contributed by atoms with Crippen molar-refractivity contribution in [1.29, 1.82) is 0 Å². The molecule has 1 N–H and O–H groups in total. The van der Waals surface area contributed by atoms with Crippen molar-refractivity contribution in [3.63, 3.8) is 0 Å². The fourth-order valence-electron chi connectivity index (χ4n) is 3.93. The molecule has 8 heteroatoms. The number of benzene rings is 3. The lowest BCUT2D eigenvalue weighted by molar-refractivity contribution is -0.137. The zero-order valence-corrected chi connectivity index (χ0v) is 19.7. The second kappa shape index (κ2) is 9.88. The minimum absolute atomic E-state index is 0.0433. The number of hydrogen-bond donors (Lipinski definition) is 1. The van der Waals surface area contributed by atoms with Gasteiger partial charge in [-0.15, -0.1) is 0 Å². The van der Waals surface area contributed by atoms with Crippen LogP contribution in [0, 0.1) is 6.92 Å². The van der Waals surface area contributed by atoms with E-state index in [0.717, 1.165) is 29.1 Å². The summed E-state index contributed by atoms with van der Waals surface area (Å²) < 4.78 is 46.6. The largest absolute Gasteiger partial charge is 0.495 e. The van der Waals surface area contributed by atoms with Crippen LogP contribution in [0.3, 0.4) is 0 Å². The summed E-state index contributed by atoms with van der Waals surface area (Å²) in [4.78, 5) is 13.2. The van der Waals surface area contributed by atoms with E-state index in [1.807, 2.05) is 47.9 Å². The number of halogens is 4. The van der Waals surface area contributed by atoms with E-state index in [0.29, 0.717) is 27.6 Å². The van der Waals surface area contributed by atoms with E-state index in [1.54, 1.807) is 31.4 Å². The number of rotatable bonds is 6. The number of amides is 1. The number of methoxy groups -OCH3 is 1. The summed E-state index contributed by atoms with van der Waals surface area (Å²) in [6.07, 6.45) is -4.45. The maximum atomic E-state index is 13.2. The molecule has 1 aromatic heterocycles. The highest BCUT2D eigenvalue weighted by molar-refractivity contribution is 6.30. The van der Waals surface area contributed by atoms with Crippen LogP contribution in [0.4, 0.5) is 13.2 Å². The maximum absolute atomic E-state index is 13.2. The molecule has 4 nitrogen and oxygen atoms in total. The summed E-state index contributed by atoms with van der Waals surface area (Å²) in [5, 5.41) is 3.33. The average molecular weight is 499 g/mol. The molecule has 4 aromatic rings. The number of ether oxygens (including phenoxy) is 1. The molecule has 0 aliphatic rings. The van der Waals surface area contributed by atoms with Crippen molar-refractivity contribution in [3.8, 4) is 22.7 Å². The molecule has 4 rings (SSSR count). The normalized spacial score (nSPS) is 11.4. The predicted octanol–water partition coefficient (Wildman–Crippen LogP) is 7.06. The van der Waals surface area contributed by atoms with E-state index in [9.17, 15) is 18.0 Å². The van der Waals surface area contributed by atoms with E-state index in [2.05, 4.69) is 5.32 Å². The van der Waals surface area contributed by atoms with Gasteiger partial charge >= 0.3 is 6.18 Å². The van der Waals surface area contributed by atoms with Crippen molar-refractivity contribution in [1.82, 2.24) is 9.88 Å². The van der Waals surface area contributed by atoms with E-state index in [4.69, 9.17) is 16.3 Å². The van der Waals surface area contributed by atoms with Gasteiger partial charge in [0.1, 0.15) is 5.75 Å². The topological polar surface area (TPSA) is 43.3 Å². The Morgan fingerprint density at radius 2 is 1.71 bits per heavy atom. The third-order valence-corrected chi connectivity index (χ3v) is 5.92. The number of nitrogens with one attached hydrogen (secondary N) is 1. The van der Waals surface area contributed by atoms with Crippen LogP contribution in [0.5, 0.6) is 5.75 Å². The molecule has 0 atom stereocenters. The molecule has 0 aliphatic carbocycles. The lowest BCUT2D eigenvalue weighted by Crippen LogP contribution is -2.23. The van der Waals surface area contributed by atoms with Crippen LogP contribution in [0.15, 0.2) is 78.9 Å². The van der Waals surface area contributed by atoms with Gasteiger partial charge in [0, 0.05) is 17.3 Å². The van der Waals surface area contributed by atoms with Crippen molar-refractivity contribution in [2.45, 2.75) is 19.6 Å². The monoisotopic (exact) mass is 498 g/mol. The van der Waals surface area contributed by atoms with Gasteiger partial charge in [0.15, 0.2) is 0 Å². The summed E-state index contributed by atoms with van der Waals surface area (Å²) in [6, 6.07) is 21.3. The quantitative estimate of drug-likeness (QED) is 0.309. The number of alkyl halides is 3. The summed E-state index contributed by atoms with van der Waals surface area (Å²) in [7, 11) is 1.57. The SMILES string of the molecule is COc1ccccc1-n1c(-c2ccc(Cl)cc2)cc(C(=O)NCc2cccc(C(F)(F)F)c2)c1C. The van der Waals surface area contributed by atoms with Crippen LogP contribution in [-0.2, 0) is 12.7 Å². The lowest BCUT2D eigenvalue weighted by atomic mass is 10.1. The molecular formula is C27H22ClF3N2O2. The highest BCUT2D eigenvalue weighted by atomic mass is 35.5. The number of para-hydroxylation sites is 2. The Bertz CT molecular complexity index is 1360. The Labute approximate surface area is 205 Å². The molecule has 0 fully saturated rings. The molecule has 0 spiro atoms. The van der Waals surface area contributed by atoms with E-state index >= 15 is 0 Å². The maximum Gasteiger partial charge on any atom is 0.416 e. The Balaban J connectivity index is 1.72. The third-order valence-electron chi connectivity index (χ3n) is 5.67. The van der Waals surface area contributed by atoms with Crippen molar-refractivity contribution in [3.05, 3.63) is 106 Å². The van der Waals surface area contributed by atoms with Crippen molar-refractivity contribution in [2.24, 2.45) is 0 Å². The van der Waals surface area contributed by atoms with Crippen LogP contribution >= 0.6 is 11.6 Å². The minimum Gasteiger partial charge on any atom is -0.495 e.